The number of nitrogens with two attached hydrogens (primary N) is 1. The van der Waals surface area contributed by atoms with Crippen molar-refractivity contribution in [1.82, 2.24) is 14.7 Å². The molecule has 0 radical (unpaired) electrons. The number of benzene rings is 1. The normalized spacial score (nSPS) is 11.6. The van der Waals surface area contributed by atoms with Gasteiger partial charge in [0, 0.05) is 36.0 Å². The third-order valence-corrected chi connectivity index (χ3v) is 3.93. The number of nitrogens with one attached hydrogen (secondary N) is 2. The molecule has 3 rings (SSSR count). The Morgan fingerprint density at radius 2 is 1.93 bits per heavy atom. The lowest BCUT2D eigenvalue weighted by molar-refractivity contribution is 0.0954. The lowest BCUT2D eigenvalue weighted by Gasteiger charge is -2.22. The Morgan fingerprint density at radius 1 is 1.22 bits per heavy atom. The number of carbonyl (C=O) groups excluding carboxylic acids is 1. The summed E-state index contributed by atoms with van der Waals surface area (Å²) in [6, 6.07) is 9.67. The van der Waals surface area contributed by atoms with Crippen molar-refractivity contribution in [2.45, 2.75) is 26.3 Å². The molecule has 142 valence electrons. The molecule has 0 atom stereocenters. The Morgan fingerprint density at radius 3 is 2.56 bits per heavy atom. The number of fused-ring (bicyclic) bond motifs is 1. The van der Waals surface area contributed by atoms with Gasteiger partial charge in [-0.3, -0.25) is 9.20 Å². The fourth-order valence-corrected chi connectivity index (χ4v) is 2.76. The SMILES string of the molecule is CC(C)(C)Nc1c(-c2ccc(F)cc2)nc2cc(C(=O)NCCN)ccn12. The fourth-order valence-electron chi connectivity index (χ4n) is 2.76. The van der Waals surface area contributed by atoms with Gasteiger partial charge in [0.1, 0.15) is 23.0 Å². The van der Waals surface area contributed by atoms with E-state index in [1.807, 2.05) is 4.40 Å². The molecule has 1 amide bonds. The van der Waals surface area contributed by atoms with Gasteiger partial charge in [-0.2, -0.15) is 0 Å². The van der Waals surface area contributed by atoms with E-state index in [1.54, 1.807) is 30.5 Å². The van der Waals surface area contributed by atoms with E-state index in [2.05, 4.69) is 31.4 Å². The summed E-state index contributed by atoms with van der Waals surface area (Å²) in [7, 11) is 0. The second kappa shape index (κ2) is 7.36. The highest BCUT2D eigenvalue weighted by molar-refractivity contribution is 5.95. The number of pyridine rings is 1. The molecule has 0 spiro atoms. The van der Waals surface area contributed by atoms with Crippen molar-refractivity contribution in [1.29, 1.82) is 0 Å². The quantitative estimate of drug-likeness (QED) is 0.645. The van der Waals surface area contributed by atoms with Crippen LogP contribution in [0.2, 0.25) is 0 Å². The maximum atomic E-state index is 13.3. The molecule has 0 aliphatic carbocycles. The van der Waals surface area contributed by atoms with Gasteiger partial charge in [0.25, 0.3) is 5.91 Å². The van der Waals surface area contributed by atoms with Crippen LogP contribution in [0.4, 0.5) is 10.2 Å². The molecule has 0 saturated heterocycles. The Hall–Kier alpha value is -2.93. The average molecular weight is 369 g/mol. The highest BCUT2D eigenvalue weighted by atomic mass is 19.1. The standard InChI is InChI=1S/C20H24FN5O/c1-20(2,3)25-18-17(13-4-6-15(21)7-5-13)24-16-12-14(8-11-26(16)18)19(27)23-10-9-22/h4-8,11-12,25H,9-10,22H2,1-3H3,(H,23,27). The van der Waals surface area contributed by atoms with Crippen LogP contribution in [0, 0.1) is 5.82 Å². The van der Waals surface area contributed by atoms with Gasteiger partial charge in [0.05, 0.1) is 0 Å². The summed E-state index contributed by atoms with van der Waals surface area (Å²) >= 11 is 0. The number of rotatable bonds is 5. The van der Waals surface area contributed by atoms with Gasteiger partial charge in [-0.25, -0.2) is 9.37 Å². The summed E-state index contributed by atoms with van der Waals surface area (Å²) in [5.41, 5.74) is 7.86. The van der Waals surface area contributed by atoms with E-state index in [-0.39, 0.29) is 17.3 Å². The van der Waals surface area contributed by atoms with Crippen LogP contribution in [0.3, 0.4) is 0 Å². The highest BCUT2D eigenvalue weighted by Gasteiger charge is 2.20. The minimum Gasteiger partial charge on any atom is -0.365 e. The third kappa shape index (κ3) is 4.25. The van der Waals surface area contributed by atoms with Crippen LogP contribution < -0.4 is 16.4 Å². The number of anilines is 1. The monoisotopic (exact) mass is 369 g/mol. The molecule has 0 aliphatic heterocycles. The van der Waals surface area contributed by atoms with E-state index in [0.717, 1.165) is 11.4 Å². The van der Waals surface area contributed by atoms with Crippen molar-refractivity contribution in [3.05, 3.63) is 54.0 Å². The molecule has 0 fully saturated rings. The van der Waals surface area contributed by atoms with Crippen molar-refractivity contribution in [3.63, 3.8) is 0 Å². The molecule has 1 aromatic carbocycles. The van der Waals surface area contributed by atoms with Gasteiger partial charge < -0.3 is 16.4 Å². The Bertz CT molecular complexity index is 957. The third-order valence-electron chi connectivity index (χ3n) is 3.93. The molecule has 2 heterocycles. The molecule has 0 saturated carbocycles. The lowest BCUT2D eigenvalue weighted by Crippen LogP contribution is -2.29. The molecule has 0 unspecified atom stereocenters. The number of carbonyl (C=O) groups is 1. The molecule has 0 aliphatic rings. The first kappa shape index (κ1) is 18.8. The van der Waals surface area contributed by atoms with Gasteiger partial charge in [-0.1, -0.05) is 0 Å². The fraction of sp³-hybridized carbons (Fsp3) is 0.300. The molecule has 3 aromatic rings. The van der Waals surface area contributed by atoms with E-state index in [9.17, 15) is 9.18 Å². The average Bonchev–Trinajstić information content (AvgIpc) is 2.96. The summed E-state index contributed by atoms with van der Waals surface area (Å²) in [5.74, 6) is 0.296. The molecular weight excluding hydrogens is 345 g/mol. The van der Waals surface area contributed by atoms with E-state index in [4.69, 9.17) is 10.7 Å². The van der Waals surface area contributed by atoms with E-state index < -0.39 is 0 Å². The molecule has 6 nitrogen and oxygen atoms in total. The summed E-state index contributed by atoms with van der Waals surface area (Å²) in [4.78, 5) is 16.9. The van der Waals surface area contributed by atoms with Crippen LogP contribution in [0.25, 0.3) is 16.9 Å². The first-order valence-electron chi connectivity index (χ1n) is 8.83. The molecule has 4 N–H and O–H groups in total. The zero-order chi connectivity index (χ0) is 19.6. The van der Waals surface area contributed by atoms with Gasteiger partial charge in [-0.15, -0.1) is 0 Å². The summed E-state index contributed by atoms with van der Waals surface area (Å²) in [5, 5.41) is 6.21. The second-order valence-electron chi connectivity index (χ2n) is 7.38. The molecule has 27 heavy (non-hydrogen) atoms. The summed E-state index contributed by atoms with van der Waals surface area (Å²) in [6.45, 7) is 6.95. The Balaban J connectivity index is 2.11. The largest absolute Gasteiger partial charge is 0.365 e. The van der Waals surface area contributed by atoms with Crippen molar-refractivity contribution in [3.8, 4) is 11.3 Å². The van der Waals surface area contributed by atoms with Crippen LogP contribution in [-0.2, 0) is 0 Å². The smallest absolute Gasteiger partial charge is 0.251 e. The minimum atomic E-state index is -0.299. The van der Waals surface area contributed by atoms with E-state index >= 15 is 0 Å². The Labute approximate surface area is 157 Å². The predicted octanol–water partition coefficient (Wildman–Crippen LogP) is 3.04. The molecule has 0 bridgehead atoms. The van der Waals surface area contributed by atoms with Gasteiger partial charge in [0.2, 0.25) is 0 Å². The van der Waals surface area contributed by atoms with E-state index in [1.165, 1.54) is 12.1 Å². The predicted molar refractivity (Wildman–Crippen MR) is 105 cm³/mol. The van der Waals surface area contributed by atoms with Crippen molar-refractivity contribution in [2.24, 2.45) is 5.73 Å². The zero-order valence-corrected chi connectivity index (χ0v) is 15.7. The van der Waals surface area contributed by atoms with Crippen LogP contribution in [0.5, 0.6) is 0 Å². The van der Waals surface area contributed by atoms with Gasteiger partial charge in [-0.05, 0) is 57.2 Å². The van der Waals surface area contributed by atoms with Crippen LogP contribution in [0.15, 0.2) is 42.6 Å². The first-order chi connectivity index (χ1) is 12.8. The van der Waals surface area contributed by atoms with Crippen molar-refractivity contribution in [2.75, 3.05) is 18.4 Å². The molecular formula is C20H24FN5O. The number of halogens is 1. The van der Waals surface area contributed by atoms with Crippen molar-refractivity contribution >= 4 is 17.4 Å². The number of hydrogen-bond donors (Lipinski definition) is 3. The van der Waals surface area contributed by atoms with E-state index in [0.29, 0.717) is 30.0 Å². The topological polar surface area (TPSA) is 84.5 Å². The number of hydrogen-bond acceptors (Lipinski definition) is 4. The van der Waals surface area contributed by atoms with Crippen molar-refractivity contribution < 1.29 is 9.18 Å². The van der Waals surface area contributed by atoms with Gasteiger partial charge in [0.15, 0.2) is 0 Å². The minimum absolute atomic E-state index is 0.195. The number of nitrogens with zero attached hydrogens (tertiary/aromatic N) is 2. The van der Waals surface area contributed by atoms with Crippen LogP contribution >= 0.6 is 0 Å². The number of aromatic nitrogens is 2. The zero-order valence-electron chi connectivity index (χ0n) is 15.7. The summed E-state index contributed by atoms with van der Waals surface area (Å²) in [6.07, 6.45) is 1.81. The molecule has 7 heteroatoms. The van der Waals surface area contributed by atoms with Gasteiger partial charge >= 0.3 is 0 Å². The number of amides is 1. The second-order valence-corrected chi connectivity index (χ2v) is 7.38. The Kier molecular flexibility index (Phi) is 5.14. The summed E-state index contributed by atoms with van der Waals surface area (Å²) < 4.78 is 15.2. The lowest BCUT2D eigenvalue weighted by atomic mass is 10.1. The van der Waals surface area contributed by atoms with Crippen LogP contribution in [-0.4, -0.2) is 33.9 Å². The number of imidazole rings is 1. The maximum Gasteiger partial charge on any atom is 0.251 e. The maximum absolute atomic E-state index is 13.3. The molecule has 2 aromatic heterocycles. The first-order valence-corrected chi connectivity index (χ1v) is 8.83. The highest BCUT2D eigenvalue weighted by Crippen LogP contribution is 2.31. The van der Waals surface area contributed by atoms with Crippen LogP contribution in [0.1, 0.15) is 31.1 Å².